The Morgan fingerprint density at radius 2 is 2.00 bits per heavy atom. The summed E-state index contributed by atoms with van der Waals surface area (Å²) in [5.74, 6) is -0.605. The molecule has 0 saturated carbocycles. The predicted molar refractivity (Wildman–Crippen MR) is 66.9 cm³/mol. The van der Waals surface area contributed by atoms with Crippen LogP contribution in [0.15, 0.2) is 0 Å². The molecule has 0 aromatic rings. The van der Waals surface area contributed by atoms with E-state index in [9.17, 15) is 9.36 Å². The van der Waals surface area contributed by atoms with Gasteiger partial charge in [-0.1, -0.05) is 6.92 Å². The van der Waals surface area contributed by atoms with Crippen LogP contribution in [0.4, 0.5) is 0 Å². The molecule has 0 aliphatic carbocycles. The molecule has 0 bridgehead atoms. The zero-order chi connectivity index (χ0) is 14.4. The Morgan fingerprint density at radius 3 is 2.39 bits per heavy atom. The van der Waals surface area contributed by atoms with Gasteiger partial charge in [-0.25, -0.2) is 0 Å². The van der Waals surface area contributed by atoms with Gasteiger partial charge in [-0.3, -0.25) is 14.7 Å². The predicted octanol–water partition coefficient (Wildman–Crippen LogP) is -1.01. The molecule has 18 heavy (non-hydrogen) atoms. The van der Waals surface area contributed by atoms with Gasteiger partial charge in [0, 0.05) is 13.0 Å². The number of rotatable bonds is 8. The van der Waals surface area contributed by atoms with Gasteiger partial charge in [0.05, 0.1) is 19.4 Å². The van der Waals surface area contributed by atoms with Crippen LogP contribution < -0.4 is 11.1 Å². The minimum absolute atomic E-state index is 0.0663. The number of carbonyl (C=O) groups is 1. The smallest absolute Gasteiger partial charge is 0.339 e. The van der Waals surface area contributed by atoms with Crippen LogP contribution in [-0.2, 0) is 14.1 Å². The van der Waals surface area contributed by atoms with Crippen molar-refractivity contribution in [2.45, 2.75) is 19.8 Å². The Hall–Kier alpha value is -0.500. The van der Waals surface area contributed by atoms with Crippen molar-refractivity contribution < 1.29 is 29.0 Å². The number of nitrogens with two attached hydrogens (primary N) is 1. The summed E-state index contributed by atoms with van der Waals surface area (Å²) in [6.45, 7) is 2.66. The third-order valence-corrected chi connectivity index (χ3v) is 2.08. The SMILES string of the molecule is CCCN.O=C(CNCP(=O)(O)O)OCCCO. The van der Waals surface area contributed by atoms with E-state index in [0.29, 0.717) is 6.42 Å². The third kappa shape index (κ3) is 20.9. The second-order valence-electron chi connectivity index (χ2n) is 3.34. The van der Waals surface area contributed by atoms with Crippen LogP contribution in [0.1, 0.15) is 19.8 Å². The standard InChI is InChI=1S/C6H14NO6P.C3H9N/c8-2-1-3-13-6(9)4-7-5-14(10,11)12;1-2-3-4/h7-8H,1-5H2,(H2,10,11,12);2-4H2,1H3. The lowest BCUT2D eigenvalue weighted by Crippen LogP contribution is -2.26. The first-order valence-corrected chi connectivity index (χ1v) is 7.39. The molecule has 0 radical (unpaired) electrons. The van der Waals surface area contributed by atoms with Gasteiger partial charge < -0.3 is 25.4 Å². The minimum Gasteiger partial charge on any atom is -0.465 e. The van der Waals surface area contributed by atoms with Crippen LogP contribution in [0.3, 0.4) is 0 Å². The van der Waals surface area contributed by atoms with Crippen LogP contribution in [0.25, 0.3) is 0 Å². The quantitative estimate of drug-likeness (QED) is 0.217. The molecular weight excluding hydrogens is 263 g/mol. The van der Waals surface area contributed by atoms with E-state index in [1.54, 1.807) is 0 Å². The largest absolute Gasteiger partial charge is 0.465 e. The second kappa shape index (κ2) is 12.9. The maximum Gasteiger partial charge on any atom is 0.339 e. The van der Waals surface area contributed by atoms with Crippen LogP contribution in [0, 0.1) is 0 Å². The van der Waals surface area contributed by atoms with Gasteiger partial charge in [0.25, 0.3) is 0 Å². The number of aliphatic hydroxyl groups excluding tert-OH is 1. The van der Waals surface area contributed by atoms with E-state index >= 15 is 0 Å². The number of ether oxygens (including phenoxy) is 1. The summed E-state index contributed by atoms with van der Waals surface area (Å²) in [6.07, 6.45) is 0.895. The van der Waals surface area contributed by atoms with Crippen molar-refractivity contribution >= 4 is 13.6 Å². The van der Waals surface area contributed by atoms with Gasteiger partial charge in [-0.15, -0.1) is 0 Å². The molecule has 0 saturated heterocycles. The molecule has 0 atom stereocenters. The fourth-order valence-corrected chi connectivity index (χ4v) is 1.01. The molecule has 9 heteroatoms. The van der Waals surface area contributed by atoms with Crippen LogP contribution in [0.2, 0.25) is 0 Å². The second-order valence-corrected chi connectivity index (χ2v) is 4.98. The highest BCUT2D eigenvalue weighted by Gasteiger charge is 2.12. The highest BCUT2D eigenvalue weighted by Crippen LogP contribution is 2.31. The maximum atomic E-state index is 10.8. The molecule has 0 heterocycles. The van der Waals surface area contributed by atoms with E-state index in [-0.39, 0.29) is 19.8 Å². The summed E-state index contributed by atoms with van der Waals surface area (Å²) in [4.78, 5) is 27.6. The monoisotopic (exact) mass is 286 g/mol. The molecule has 110 valence electrons. The van der Waals surface area contributed by atoms with E-state index in [4.69, 9.17) is 20.6 Å². The van der Waals surface area contributed by atoms with Crippen molar-refractivity contribution in [1.29, 1.82) is 0 Å². The molecule has 0 aromatic carbocycles. The summed E-state index contributed by atoms with van der Waals surface area (Å²) < 4.78 is 14.9. The lowest BCUT2D eigenvalue weighted by Gasteiger charge is -2.06. The summed E-state index contributed by atoms with van der Waals surface area (Å²) in [5.41, 5.74) is 5.03. The zero-order valence-electron chi connectivity index (χ0n) is 10.5. The summed E-state index contributed by atoms with van der Waals surface area (Å²) in [7, 11) is -4.11. The number of carbonyl (C=O) groups excluding carboxylic acids is 1. The first-order chi connectivity index (χ1) is 8.37. The number of esters is 1. The molecule has 0 aliphatic rings. The molecule has 0 unspecified atom stereocenters. The molecule has 0 rings (SSSR count). The number of hydrogen-bond donors (Lipinski definition) is 5. The Balaban J connectivity index is 0. The topological polar surface area (TPSA) is 142 Å². The minimum atomic E-state index is -4.11. The first kappa shape index (κ1) is 19.8. The van der Waals surface area contributed by atoms with Gasteiger partial charge in [0.2, 0.25) is 0 Å². The van der Waals surface area contributed by atoms with E-state index in [1.165, 1.54) is 0 Å². The Kier molecular flexibility index (Phi) is 14.3. The van der Waals surface area contributed by atoms with Crippen molar-refractivity contribution in [3.05, 3.63) is 0 Å². The lowest BCUT2D eigenvalue weighted by molar-refractivity contribution is -0.142. The molecule has 0 aromatic heterocycles. The number of aliphatic hydroxyl groups is 1. The Bertz CT molecular complexity index is 243. The van der Waals surface area contributed by atoms with Crippen molar-refractivity contribution in [3.8, 4) is 0 Å². The lowest BCUT2D eigenvalue weighted by atomic mass is 10.5. The first-order valence-electron chi connectivity index (χ1n) is 5.59. The van der Waals surface area contributed by atoms with Crippen molar-refractivity contribution in [2.24, 2.45) is 5.73 Å². The van der Waals surface area contributed by atoms with Gasteiger partial charge in [0.15, 0.2) is 0 Å². The van der Waals surface area contributed by atoms with E-state index in [1.807, 2.05) is 0 Å². The summed E-state index contributed by atoms with van der Waals surface area (Å²) in [6, 6.07) is 0. The zero-order valence-corrected chi connectivity index (χ0v) is 11.4. The number of hydrogen-bond acceptors (Lipinski definition) is 6. The maximum absolute atomic E-state index is 10.8. The molecule has 6 N–H and O–H groups in total. The van der Waals surface area contributed by atoms with Gasteiger partial charge in [0.1, 0.15) is 0 Å². The van der Waals surface area contributed by atoms with Crippen LogP contribution in [-0.4, -0.2) is 53.5 Å². The number of nitrogens with one attached hydrogen (secondary N) is 1. The van der Waals surface area contributed by atoms with Crippen LogP contribution in [0.5, 0.6) is 0 Å². The molecule has 8 nitrogen and oxygen atoms in total. The third-order valence-electron chi connectivity index (χ3n) is 1.44. The van der Waals surface area contributed by atoms with Gasteiger partial charge in [-0.05, 0) is 13.0 Å². The Labute approximate surface area is 107 Å². The molecule has 0 aliphatic heterocycles. The van der Waals surface area contributed by atoms with Crippen molar-refractivity contribution in [1.82, 2.24) is 5.32 Å². The average Bonchev–Trinajstić information content (AvgIpc) is 2.28. The summed E-state index contributed by atoms with van der Waals surface area (Å²) >= 11 is 0. The van der Waals surface area contributed by atoms with Crippen LogP contribution >= 0.6 is 7.60 Å². The van der Waals surface area contributed by atoms with Crippen molar-refractivity contribution in [2.75, 3.05) is 32.6 Å². The fourth-order valence-electron chi connectivity index (χ4n) is 0.605. The Morgan fingerprint density at radius 1 is 1.44 bits per heavy atom. The normalized spacial score (nSPS) is 10.5. The fraction of sp³-hybridized carbons (Fsp3) is 0.889. The van der Waals surface area contributed by atoms with Gasteiger partial charge >= 0.3 is 13.6 Å². The highest BCUT2D eigenvalue weighted by atomic mass is 31.2. The van der Waals surface area contributed by atoms with Gasteiger partial charge in [-0.2, -0.15) is 0 Å². The summed E-state index contributed by atoms with van der Waals surface area (Å²) in [5, 5.41) is 10.6. The van der Waals surface area contributed by atoms with E-state index < -0.39 is 19.9 Å². The molecular formula is C9H23N2O6P. The highest BCUT2D eigenvalue weighted by molar-refractivity contribution is 7.51. The van der Waals surface area contributed by atoms with Crippen molar-refractivity contribution in [3.63, 3.8) is 0 Å². The molecule has 0 fully saturated rings. The molecule has 0 spiro atoms. The van der Waals surface area contributed by atoms with E-state index in [2.05, 4.69) is 17.0 Å². The average molecular weight is 286 g/mol. The van der Waals surface area contributed by atoms with E-state index in [0.717, 1.165) is 13.0 Å². The molecule has 0 amide bonds.